The zero-order valence-electron chi connectivity index (χ0n) is 10.4. The Balaban J connectivity index is 2.34. The molecule has 16 heavy (non-hydrogen) atoms. The predicted octanol–water partition coefficient (Wildman–Crippen LogP) is 4.71. The molecule has 2 heteroatoms. The number of hydrogen-bond acceptors (Lipinski definition) is 1. The molecule has 92 valence electrons. The Kier molecular flexibility index (Phi) is 6.36. The van der Waals surface area contributed by atoms with Crippen molar-refractivity contribution in [3.05, 3.63) is 11.4 Å². The Morgan fingerprint density at radius 1 is 1.12 bits per heavy atom. The van der Waals surface area contributed by atoms with Gasteiger partial charge in [-0.1, -0.05) is 32.6 Å². The van der Waals surface area contributed by atoms with Crippen LogP contribution in [0.1, 0.15) is 71.1 Å². The lowest BCUT2D eigenvalue weighted by Crippen LogP contribution is -2.05. The van der Waals surface area contributed by atoms with Crippen molar-refractivity contribution in [2.75, 3.05) is 0 Å². The van der Waals surface area contributed by atoms with Gasteiger partial charge in [-0.3, -0.25) is 4.79 Å². The monoisotopic (exact) mass is 226 g/mol. The second-order valence-corrected chi connectivity index (χ2v) is 4.71. The summed E-state index contributed by atoms with van der Waals surface area (Å²) in [6.07, 6.45) is 9.45. The van der Waals surface area contributed by atoms with Gasteiger partial charge in [0, 0.05) is 6.42 Å². The van der Waals surface area contributed by atoms with Gasteiger partial charge >= 0.3 is 0 Å². The van der Waals surface area contributed by atoms with Crippen molar-refractivity contribution in [1.82, 2.24) is 0 Å². The van der Waals surface area contributed by atoms with E-state index in [0.717, 1.165) is 56.9 Å². The van der Waals surface area contributed by atoms with Gasteiger partial charge in [-0.05, 0) is 37.7 Å². The Morgan fingerprint density at radius 3 is 2.44 bits per heavy atom. The van der Waals surface area contributed by atoms with Crippen LogP contribution in [0.4, 0.5) is 4.39 Å². The van der Waals surface area contributed by atoms with Crippen LogP contribution in [0.2, 0.25) is 0 Å². The van der Waals surface area contributed by atoms with Crippen LogP contribution in [0, 0.1) is 0 Å². The number of allylic oxidation sites excluding steroid dienone is 2. The summed E-state index contributed by atoms with van der Waals surface area (Å²) in [5, 5.41) is 0. The zero-order chi connectivity index (χ0) is 11.8. The third kappa shape index (κ3) is 4.46. The van der Waals surface area contributed by atoms with Crippen LogP contribution in [0.3, 0.4) is 0 Å². The highest BCUT2D eigenvalue weighted by Crippen LogP contribution is 2.27. The summed E-state index contributed by atoms with van der Waals surface area (Å²) in [4.78, 5) is 11.6. The standard InChI is InChI=1S/C14H23FO/c1-2-3-4-8-11-13(16)14(15)12-9-6-5-7-10-12/h2-11H2,1H3. The van der Waals surface area contributed by atoms with Crippen LogP contribution in [0.5, 0.6) is 0 Å². The smallest absolute Gasteiger partial charge is 0.191 e. The molecule has 0 amide bonds. The van der Waals surface area contributed by atoms with Crippen LogP contribution in [0.15, 0.2) is 11.4 Å². The molecular weight excluding hydrogens is 203 g/mol. The minimum absolute atomic E-state index is 0.256. The fraction of sp³-hybridized carbons (Fsp3) is 0.786. The molecule has 0 N–H and O–H groups in total. The molecule has 1 aliphatic rings. The third-order valence-electron chi connectivity index (χ3n) is 3.27. The molecule has 0 aromatic heterocycles. The molecule has 1 saturated carbocycles. The summed E-state index contributed by atoms with van der Waals surface area (Å²) in [7, 11) is 0. The Bertz CT molecular complexity index is 247. The van der Waals surface area contributed by atoms with Crippen molar-refractivity contribution >= 4 is 5.78 Å². The van der Waals surface area contributed by atoms with Crippen molar-refractivity contribution in [1.29, 1.82) is 0 Å². The van der Waals surface area contributed by atoms with E-state index in [9.17, 15) is 9.18 Å². The van der Waals surface area contributed by atoms with E-state index in [1.807, 2.05) is 0 Å². The number of halogens is 1. The van der Waals surface area contributed by atoms with Crippen LogP contribution < -0.4 is 0 Å². The first-order chi connectivity index (χ1) is 7.75. The number of Topliss-reactive ketones (excluding diaryl/α,β-unsaturated/α-hetero) is 1. The van der Waals surface area contributed by atoms with Crippen molar-refractivity contribution in [2.24, 2.45) is 0 Å². The van der Waals surface area contributed by atoms with Gasteiger partial charge in [0.15, 0.2) is 11.6 Å². The van der Waals surface area contributed by atoms with E-state index in [1.165, 1.54) is 6.42 Å². The van der Waals surface area contributed by atoms with E-state index in [2.05, 4.69) is 6.92 Å². The van der Waals surface area contributed by atoms with Crippen LogP contribution in [0.25, 0.3) is 0 Å². The molecule has 0 bridgehead atoms. The van der Waals surface area contributed by atoms with E-state index >= 15 is 0 Å². The zero-order valence-corrected chi connectivity index (χ0v) is 10.4. The van der Waals surface area contributed by atoms with Gasteiger partial charge in [-0.2, -0.15) is 0 Å². The largest absolute Gasteiger partial charge is 0.292 e. The maximum Gasteiger partial charge on any atom is 0.191 e. The van der Waals surface area contributed by atoms with Crippen molar-refractivity contribution < 1.29 is 9.18 Å². The summed E-state index contributed by atoms with van der Waals surface area (Å²) in [5.41, 5.74) is 0.784. The average molecular weight is 226 g/mol. The molecule has 0 atom stereocenters. The maximum atomic E-state index is 13.7. The fourth-order valence-electron chi connectivity index (χ4n) is 2.22. The highest BCUT2D eigenvalue weighted by molar-refractivity contribution is 5.93. The minimum Gasteiger partial charge on any atom is -0.292 e. The number of ketones is 1. The topological polar surface area (TPSA) is 17.1 Å². The summed E-state index contributed by atoms with van der Waals surface area (Å²) in [6, 6.07) is 0. The lowest BCUT2D eigenvalue weighted by atomic mass is 9.93. The molecule has 1 aliphatic carbocycles. The second-order valence-electron chi connectivity index (χ2n) is 4.71. The van der Waals surface area contributed by atoms with E-state index < -0.39 is 5.83 Å². The number of carbonyl (C=O) groups excluding carboxylic acids is 1. The molecule has 0 aromatic carbocycles. The minimum atomic E-state index is -0.406. The molecule has 0 radical (unpaired) electrons. The number of rotatable bonds is 6. The van der Waals surface area contributed by atoms with Gasteiger partial charge in [-0.15, -0.1) is 0 Å². The molecular formula is C14H23FO. The Hall–Kier alpha value is -0.660. The third-order valence-corrected chi connectivity index (χ3v) is 3.27. The highest BCUT2D eigenvalue weighted by Gasteiger charge is 2.16. The Labute approximate surface area is 98.1 Å². The van der Waals surface area contributed by atoms with Gasteiger partial charge in [0.2, 0.25) is 0 Å². The lowest BCUT2D eigenvalue weighted by molar-refractivity contribution is -0.117. The van der Waals surface area contributed by atoms with E-state index in [0.29, 0.717) is 6.42 Å². The SMILES string of the molecule is CCCCCCC(=O)C(F)=C1CCCCC1. The predicted molar refractivity (Wildman–Crippen MR) is 65.0 cm³/mol. The first kappa shape index (κ1) is 13.4. The molecule has 0 heterocycles. The van der Waals surface area contributed by atoms with Crippen molar-refractivity contribution in [2.45, 2.75) is 71.1 Å². The highest BCUT2D eigenvalue weighted by atomic mass is 19.1. The second kappa shape index (κ2) is 7.59. The molecule has 0 unspecified atom stereocenters. The molecule has 0 aromatic rings. The van der Waals surface area contributed by atoms with Crippen molar-refractivity contribution in [3.63, 3.8) is 0 Å². The summed E-state index contributed by atoms with van der Waals surface area (Å²) < 4.78 is 13.7. The molecule has 1 nitrogen and oxygen atoms in total. The fourth-order valence-corrected chi connectivity index (χ4v) is 2.22. The van der Waals surface area contributed by atoms with E-state index in [4.69, 9.17) is 0 Å². The van der Waals surface area contributed by atoms with Gasteiger partial charge < -0.3 is 0 Å². The molecule has 1 fully saturated rings. The van der Waals surface area contributed by atoms with Crippen LogP contribution >= 0.6 is 0 Å². The number of hydrogen-bond donors (Lipinski definition) is 0. The normalized spacial score (nSPS) is 16.2. The molecule has 0 saturated heterocycles. The van der Waals surface area contributed by atoms with Gasteiger partial charge in [0.25, 0.3) is 0 Å². The van der Waals surface area contributed by atoms with Gasteiger partial charge in [-0.25, -0.2) is 4.39 Å². The Morgan fingerprint density at radius 2 is 1.81 bits per heavy atom. The molecule has 0 spiro atoms. The van der Waals surface area contributed by atoms with Crippen LogP contribution in [-0.2, 0) is 4.79 Å². The average Bonchev–Trinajstić information content (AvgIpc) is 2.34. The van der Waals surface area contributed by atoms with Gasteiger partial charge in [0.1, 0.15) is 0 Å². The first-order valence-electron chi connectivity index (χ1n) is 6.66. The summed E-state index contributed by atoms with van der Waals surface area (Å²) in [5.74, 6) is -0.663. The van der Waals surface area contributed by atoms with Crippen LogP contribution in [-0.4, -0.2) is 5.78 Å². The number of unbranched alkanes of at least 4 members (excludes halogenated alkanes) is 3. The van der Waals surface area contributed by atoms with E-state index in [1.54, 1.807) is 0 Å². The summed E-state index contributed by atoms with van der Waals surface area (Å²) >= 11 is 0. The van der Waals surface area contributed by atoms with Crippen molar-refractivity contribution in [3.8, 4) is 0 Å². The first-order valence-corrected chi connectivity index (χ1v) is 6.66. The molecule has 0 aliphatic heterocycles. The van der Waals surface area contributed by atoms with Gasteiger partial charge in [0.05, 0.1) is 0 Å². The quantitative estimate of drug-likeness (QED) is 0.473. The lowest BCUT2D eigenvalue weighted by Gasteiger charge is -2.14. The maximum absolute atomic E-state index is 13.7. The summed E-state index contributed by atoms with van der Waals surface area (Å²) in [6.45, 7) is 2.13. The molecule has 1 rings (SSSR count). The number of carbonyl (C=O) groups is 1. The van der Waals surface area contributed by atoms with E-state index in [-0.39, 0.29) is 5.78 Å².